The summed E-state index contributed by atoms with van der Waals surface area (Å²) in [5.41, 5.74) is -1.36. The highest BCUT2D eigenvalue weighted by Crippen LogP contribution is 2.28. The van der Waals surface area contributed by atoms with Crippen molar-refractivity contribution in [2.75, 3.05) is 0 Å². The van der Waals surface area contributed by atoms with Crippen LogP contribution in [0.4, 0.5) is 13.2 Å². The Morgan fingerprint density at radius 3 is 2.35 bits per heavy atom. The Kier molecular flexibility index (Phi) is 4.60. The van der Waals surface area contributed by atoms with Crippen molar-refractivity contribution in [3.8, 4) is 0 Å². The molecule has 0 spiro atoms. The summed E-state index contributed by atoms with van der Waals surface area (Å²) in [5, 5.41) is 0.414. The second-order valence-electron chi connectivity index (χ2n) is 7.32. The lowest BCUT2D eigenvalue weighted by Gasteiger charge is -2.13. The van der Waals surface area contributed by atoms with Gasteiger partial charge in [-0.25, -0.2) is 14.6 Å². The van der Waals surface area contributed by atoms with Crippen molar-refractivity contribution in [2.45, 2.75) is 26.6 Å². The van der Waals surface area contributed by atoms with Gasteiger partial charge in [0.15, 0.2) is 0 Å². The van der Waals surface area contributed by atoms with Gasteiger partial charge in [-0.3, -0.25) is 13.9 Å². The van der Waals surface area contributed by atoms with E-state index in [1.807, 2.05) is 13.8 Å². The van der Waals surface area contributed by atoms with Crippen molar-refractivity contribution in [3.63, 3.8) is 0 Å². The van der Waals surface area contributed by atoms with Gasteiger partial charge in [0.05, 0.1) is 11.9 Å². The summed E-state index contributed by atoms with van der Waals surface area (Å²) in [7, 11) is 1.23. The summed E-state index contributed by atoms with van der Waals surface area (Å²) >= 11 is 0. The average molecular weight is 431 g/mol. The highest BCUT2D eigenvalue weighted by Gasteiger charge is 2.33. The van der Waals surface area contributed by atoms with E-state index in [4.69, 9.17) is 4.42 Å². The molecule has 10 heteroatoms. The van der Waals surface area contributed by atoms with Crippen LogP contribution in [0, 0.1) is 13.8 Å². The molecule has 31 heavy (non-hydrogen) atoms. The van der Waals surface area contributed by atoms with Gasteiger partial charge in [-0.2, -0.15) is 13.2 Å². The average Bonchev–Trinajstić information content (AvgIpc) is 2.69. The molecule has 7 nitrogen and oxygen atoms in total. The van der Waals surface area contributed by atoms with E-state index in [2.05, 4.69) is 4.98 Å². The SMILES string of the molecule is Cc1cc2oc(=O)cc(Cn3c(=O)c4ccc(C(F)(F)F)nc4n(C)c3=O)c2cc1C. The fourth-order valence-electron chi connectivity index (χ4n) is 3.46. The molecular weight excluding hydrogens is 415 g/mol. The van der Waals surface area contributed by atoms with Gasteiger partial charge in [-0.1, -0.05) is 0 Å². The van der Waals surface area contributed by atoms with Crippen LogP contribution < -0.4 is 16.9 Å². The van der Waals surface area contributed by atoms with Crippen LogP contribution in [0.1, 0.15) is 22.4 Å². The number of hydrogen-bond donors (Lipinski definition) is 0. The summed E-state index contributed by atoms with van der Waals surface area (Å²) in [6.07, 6.45) is -4.72. The highest BCUT2D eigenvalue weighted by atomic mass is 19.4. The second-order valence-corrected chi connectivity index (χ2v) is 7.32. The van der Waals surface area contributed by atoms with E-state index in [0.29, 0.717) is 22.6 Å². The molecule has 0 amide bonds. The third kappa shape index (κ3) is 3.43. The van der Waals surface area contributed by atoms with Gasteiger partial charge in [0, 0.05) is 18.5 Å². The fourth-order valence-corrected chi connectivity index (χ4v) is 3.46. The van der Waals surface area contributed by atoms with Gasteiger partial charge in [0.2, 0.25) is 0 Å². The van der Waals surface area contributed by atoms with Gasteiger partial charge < -0.3 is 4.42 Å². The highest BCUT2D eigenvalue weighted by molar-refractivity contribution is 5.82. The number of halogens is 3. The van der Waals surface area contributed by atoms with Crippen LogP contribution in [0.2, 0.25) is 0 Å². The molecule has 0 aliphatic carbocycles. The molecule has 0 aliphatic heterocycles. The maximum atomic E-state index is 13.0. The zero-order valence-corrected chi connectivity index (χ0v) is 16.7. The number of aromatic nitrogens is 3. The monoisotopic (exact) mass is 431 g/mol. The summed E-state index contributed by atoms with van der Waals surface area (Å²) in [5.74, 6) is 0. The number of fused-ring (bicyclic) bond motifs is 2. The lowest BCUT2D eigenvalue weighted by atomic mass is 10.0. The molecule has 0 radical (unpaired) electrons. The molecule has 160 valence electrons. The van der Waals surface area contributed by atoms with Crippen LogP contribution >= 0.6 is 0 Å². The van der Waals surface area contributed by atoms with E-state index < -0.39 is 28.7 Å². The van der Waals surface area contributed by atoms with Crippen molar-refractivity contribution in [1.29, 1.82) is 0 Å². The molecule has 0 N–H and O–H groups in total. The van der Waals surface area contributed by atoms with Crippen molar-refractivity contribution < 1.29 is 17.6 Å². The van der Waals surface area contributed by atoms with Crippen molar-refractivity contribution in [3.05, 3.63) is 84.0 Å². The maximum absolute atomic E-state index is 13.0. The van der Waals surface area contributed by atoms with Gasteiger partial charge in [0.1, 0.15) is 16.9 Å². The second kappa shape index (κ2) is 6.93. The minimum absolute atomic E-state index is 0.144. The first-order chi connectivity index (χ1) is 14.5. The Morgan fingerprint density at radius 2 is 1.68 bits per heavy atom. The molecule has 3 aromatic heterocycles. The molecule has 0 saturated heterocycles. The molecule has 0 aliphatic rings. The van der Waals surface area contributed by atoms with Crippen LogP contribution in [0.3, 0.4) is 0 Å². The Morgan fingerprint density at radius 1 is 1.00 bits per heavy atom. The third-order valence-electron chi connectivity index (χ3n) is 5.25. The van der Waals surface area contributed by atoms with E-state index in [9.17, 15) is 27.6 Å². The van der Waals surface area contributed by atoms with Crippen LogP contribution in [-0.4, -0.2) is 14.1 Å². The molecule has 4 rings (SSSR count). The summed E-state index contributed by atoms with van der Waals surface area (Å²) < 4.78 is 46.0. The quantitative estimate of drug-likeness (QED) is 0.456. The Balaban J connectivity index is 1.96. The predicted octanol–water partition coefficient (Wildman–Crippen LogP) is 2.89. The van der Waals surface area contributed by atoms with Crippen LogP contribution in [0.25, 0.3) is 22.0 Å². The Labute approximate surface area is 172 Å². The van der Waals surface area contributed by atoms with Crippen molar-refractivity contribution in [1.82, 2.24) is 14.1 Å². The van der Waals surface area contributed by atoms with E-state index in [0.717, 1.165) is 26.3 Å². The standard InChI is InChI=1S/C21H16F3N3O4/c1-10-6-14-12(8-17(28)31-15(14)7-11(10)2)9-27-19(29)13-4-5-16(21(22,23)24)25-18(13)26(3)20(27)30/h4-8H,9H2,1-3H3. The number of aryl methyl sites for hydroxylation is 3. The Hall–Kier alpha value is -3.69. The number of rotatable bonds is 2. The Bertz CT molecular complexity index is 1550. The maximum Gasteiger partial charge on any atom is 0.433 e. The van der Waals surface area contributed by atoms with Gasteiger partial charge in [-0.15, -0.1) is 0 Å². The molecule has 3 heterocycles. The van der Waals surface area contributed by atoms with Crippen molar-refractivity contribution >= 4 is 22.0 Å². The lowest BCUT2D eigenvalue weighted by Crippen LogP contribution is -2.40. The van der Waals surface area contributed by atoms with Crippen LogP contribution in [-0.2, 0) is 19.8 Å². The number of nitrogens with zero attached hydrogens (tertiary/aromatic N) is 3. The first-order valence-electron chi connectivity index (χ1n) is 9.19. The number of alkyl halides is 3. The summed E-state index contributed by atoms with van der Waals surface area (Å²) in [4.78, 5) is 41.2. The smallest absolute Gasteiger partial charge is 0.423 e. The zero-order valence-electron chi connectivity index (χ0n) is 16.7. The minimum Gasteiger partial charge on any atom is -0.423 e. The fraction of sp³-hybridized carbons (Fsp3) is 0.238. The summed E-state index contributed by atoms with van der Waals surface area (Å²) in [6, 6.07) is 6.36. The first-order valence-corrected chi connectivity index (χ1v) is 9.19. The predicted molar refractivity (Wildman–Crippen MR) is 107 cm³/mol. The molecule has 0 fully saturated rings. The lowest BCUT2D eigenvalue weighted by molar-refractivity contribution is -0.141. The zero-order chi connectivity index (χ0) is 22.7. The van der Waals surface area contributed by atoms with E-state index >= 15 is 0 Å². The van der Waals surface area contributed by atoms with Crippen LogP contribution in [0.5, 0.6) is 0 Å². The number of benzene rings is 1. The largest absolute Gasteiger partial charge is 0.433 e. The minimum atomic E-state index is -4.72. The van der Waals surface area contributed by atoms with Gasteiger partial charge in [0.25, 0.3) is 5.56 Å². The molecule has 1 aromatic carbocycles. The van der Waals surface area contributed by atoms with Gasteiger partial charge >= 0.3 is 17.5 Å². The van der Waals surface area contributed by atoms with E-state index in [1.54, 1.807) is 12.1 Å². The van der Waals surface area contributed by atoms with Crippen molar-refractivity contribution in [2.24, 2.45) is 7.05 Å². The number of pyridine rings is 1. The molecular formula is C21H16F3N3O4. The first kappa shape index (κ1) is 20.6. The molecule has 0 bridgehead atoms. The number of hydrogen-bond acceptors (Lipinski definition) is 5. The molecule has 0 atom stereocenters. The topological polar surface area (TPSA) is 87.1 Å². The molecule has 0 saturated carbocycles. The molecule has 4 aromatic rings. The normalized spacial score (nSPS) is 12.1. The third-order valence-corrected chi connectivity index (χ3v) is 5.25. The summed E-state index contributed by atoms with van der Waals surface area (Å²) in [6.45, 7) is 3.47. The van der Waals surface area contributed by atoms with Crippen LogP contribution in [0.15, 0.2) is 49.1 Å². The van der Waals surface area contributed by atoms with Gasteiger partial charge in [-0.05, 0) is 54.8 Å². The van der Waals surface area contributed by atoms with E-state index in [1.165, 1.54) is 13.1 Å². The molecule has 0 unspecified atom stereocenters. The van der Waals surface area contributed by atoms with E-state index in [-0.39, 0.29) is 17.6 Å².